The molecule has 0 amide bonds. The lowest BCUT2D eigenvalue weighted by atomic mass is 9.99. The fourth-order valence-corrected chi connectivity index (χ4v) is 2.80. The van der Waals surface area contributed by atoms with Gasteiger partial charge in [-0.3, -0.25) is 0 Å². The first-order chi connectivity index (χ1) is 9.86. The molecule has 0 saturated carbocycles. The van der Waals surface area contributed by atoms with E-state index < -0.39 is 0 Å². The van der Waals surface area contributed by atoms with Crippen molar-refractivity contribution in [1.29, 1.82) is 0 Å². The average Bonchev–Trinajstić information content (AvgIpc) is 3.00. The second kappa shape index (κ2) is 7.95. The Morgan fingerprint density at radius 3 is 2.85 bits per heavy atom. The minimum absolute atomic E-state index is 1.14. The number of unbranched alkanes of at least 4 members (excludes halogenated alkanes) is 2. The molecular weight excluding hydrogens is 264 g/mol. The summed E-state index contributed by atoms with van der Waals surface area (Å²) in [5, 5.41) is 2.19. The molecule has 0 unspecified atom stereocenters. The summed E-state index contributed by atoms with van der Waals surface area (Å²) in [7, 11) is 0. The van der Waals surface area contributed by atoms with Crippen molar-refractivity contribution < 1.29 is 0 Å². The molecule has 0 aliphatic heterocycles. The standard InChI is InChI=1S/C17H22N2S/c1-3-4-5-8-15-9-6-7-10-16(15)17(13-20-2)19-12-11-18-14-19/h6-7,9-14H,3-5,8H2,1-2H3/b17-13+. The van der Waals surface area contributed by atoms with Crippen LogP contribution in [0.1, 0.15) is 37.3 Å². The first-order valence-corrected chi connectivity index (χ1v) is 8.45. The molecule has 1 aromatic carbocycles. The molecule has 2 nitrogen and oxygen atoms in total. The second-order valence-corrected chi connectivity index (χ2v) is 5.53. The highest BCUT2D eigenvalue weighted by molar-refractivity contribution is 8.01. The van der Waals surface area contributed by atoms with Gasteiger partial charge in [0.25, 0.3) is 0 Å². The van der Waals surface area contributed by atoms with E-state index in [4.69, 9.17) is 0 Å². The van der Waals surface area contributed by atoms with Crippen molar-refractivity contribution in [2.45, 2.75) is 32.6 Å². The van der Waals surface area contributed by atoms with Crippen LogP contribution in [0.3, 0.4) is 0 Å². The quantitative estimate of drug-likeness (QED) is 0.679. The van der Waals surface area contributed by atoms with Crippen LogP contribution in [-0.4, -0.2) is 15.8 Å². The summed E-state index contributed by atoms with van der Waals surface area (Å²) in [4.78, 5) is 4.17. The minimum atomic E-state index is 1.14. The van der Waals surface area contributed by atoms with E-state index in [1.165, 1.54) is 36.1 Å². The Balaban J connectivity index is 2.31. The van der Waals surface area contributed by atoms with Crippen LogP contribution < -0.4 is 0 Å². The highest BCUT2D eigenvalue weighted by atomic mass is 32.2. The number of hydrogen-bond donors (Lipinski definition) is 0. The Bertz CT molecular complexity index is 544. The van der Waals surface area contributed by atoms with Gasteiger partial charge in [0.1, 0.15) is 0 Å². The van der Waals surface area contributed by atoms with Crippen LogP contribution in [0, 0.1) is 0 Å². The first-order valence-electron chi connectivity index (χ1n) is 7.16. The van der Waals surface area contributed by atoms with E-state index in [9.17, 15) is 0 Å². The summed E-state index contributed by atoms with van der Waals surface area (Å²) < 4.78 is 2.09. The number of nitrogens with zero attached hydrogens (tertiary/aromatic N) is 2. The molecular formula is C17H22N2S. The van der Waals surface area contributed by atoms with Crippen molar-refractivity contribution in [3.05, 3.63) is 59.5 Å². The molecule has 106 valence electrons. The number of imidazole rings is 1. The van der Waals surface area contributed by atoms with Crippen LogP contribution in [0.2, 0.25) is 0 Å². The van der Waals surface area contributed by atoms with Gasteiger partial charge in [-0.05, 0) is 30.1 Å². The molecule has 0 bridgehead atoms. The zero-order chi connectivity index (χ0) is 14.2. The fraction of sp³-hybridized carbons (Fsp3) is 0.353. The molecule has 0 saturated heterocycles. The molecule has 3 heteroatoms. The highest BCUT2D eigenvalue weighted by Gasteiger charge is 2.08. The van der Waals surface area contributed by atoms with E-state index in [2.05, 4.69) is 52.4 Å². The molecule has 0 fully saturated rings. The topological polar surface area (TPSA) is 17.8 Å². The number of benzene rings is 1. The largest absolute Gasteiger partial charge is 0.305 e. The maximum absolute atomic E-state index is 4.17. The van der Waals surface area contributed by atoms with Gasteiger partial charge in [-0.1, -0.05) is 44.0 Å². The summed E-state index contributed by atoms with van der Waals surface area (Å²) in [6, 6.07) is 8.71. The van der Waals surface area contributed by atoms with E-state index in [0.717, 1.165) is 6.42 Å². The molecule has 0 spiro atoms. The predicted molar refractivity (Wildman–Crippen MR) is 88.8 cm³/mol. The Kier molecular flexibility index (Phi) is 5.93. The lowest BCUT2D eigenvalue weighted by molar-refractivity contribution is 0.716. The molecule has 0 atom stereocenters. The van der Waals surface area contributed by atoms with E-state index in [-0.39, 0.29) is 0 Å². The van der Waals surface area contributed by atoms with E-state index >= 15 is 0 Å². The van der Waals surface area contributed by atoms with Gasteiger partial charge in [0.2, 0.25) is 0 Å². The van der Waals surface area contributed by atoms with Gasteiger partial charge >= 0.3 is 0 Å². The summed E-state index contributed by atoms with van der Waals surface area (Å²) in [5.41, 5.74) is 3.95. The average molecular weight is 286 g/mol. The van der Waals surface area contributed by atoms with Crippen LogP contribution in [-0.2, 0) is 6.42 Å². The zero-order valence-corrected chi connectivity index (χ0v) is 13.1. The summed E-state index contributed by atoms with van der Waals surface area (Å²) >= 11 is 1.73. The molecule has 2 rings (SSSR count). The van der Waals surface area contributed by atoms with E-state index in [0.29, 0.717) is 0 Å². The fourth-order valence-electron chi connectivity index (χ4n) is 2.33. The van der Waals surface area contributed by atoms with Gasteiger partial charge in [0.05, 0.1) is 12.0 Å². The number of rotatable bonds is 7. The summed E-state index contributed by atoms with van der Waals surface area (Å²) in [5.74, 6) is 0. The Morgan fingerprint density at radius 1 is 1.30 bits per heavy atom. The zero-order valence-electron chi connectivity index (χ0n) is 12.2. The van der Waals surface area contributed by atoms with Gasteiger partial charge in [-0.25, -0.2) is 4.98 Å². The molecule has 20 heavy (non-hydrogen) atoms. The van der Waals surface area contributed by atoms with Crippen molar-refractivity contribution in [2.75, 3.05) is 6.26 Å². The number of thioether (sulfide) groups is 1. The monoisotopic (exact) mass is 286 g/mol. The van der Waals surface area contributed by atoms with Crippen molar-refractivity contribution >= 4 is 17.5 Å². The van der Waals surface area contributed by atoms with E-state index in [1.54, 1.807) is 11.8 Å². The minimum Gasteiger partial charge on any atom is -0.305 e. The number of aromatic nitrogens is 2. The molecule has 0 aliphatic rings. The van der Waals surface area contributed by atoms with Crippen molar-refractivity contribution in [1.82, 2.24) is 9.55 Å². The molecule has 1 aromatic heterocycles. The molecule has 1 heterocycles. The third-order valence-corrected chi connectivity index (χ3v) is 3.81. The molecule has 0 radical (unpaired) electrons. The van der Waals surface area contributed by atoms with Gasteiger partial charge in [0.15, 0.2) is 0 Å². The van der Waals surface area contributed by atoms with Crippen LogP contribution in [0.4, 0.5) is 0 Å². The maximum atomic E-state index is 4.17. The Hall–Kier alpha value is -1.48. The Morgan fingerprint density at radius 2 is 2.15 bits per heavy atom. The smallest absolute Gasteiger partial charge is 0.0992 e. The van der Waals surface area contributed by atoms with Crippen LogP contribution in [0.15, 0.2) is 48.4 Å². The lowest BCUT2D eigenvalue weighted by Gasteiger charge is -2.14. The van der Waals surface area contributed by atoms with Gasteiger partial charge in [-0.2, -0.15) is 0 Å². The molecule has 0 N–H and O–H groups in total. The van der Waals surface area contributed by atoms with Gasteiger partial charge in [-0.15, -0.1) is 11.8 Å². The molecule has 2 aromatic rings. The first kappa shape index (κ1) is 14.9. The van der Waals surface area contributed by atoms with Crippen LogP contribution in [0.5, 0.6) is 0 Å². The lowest BCUT2D eigenvalue weighted by Crippen LogP contribution is -2.00. The number of aryl methyl sites for hydroxylation is 1. The third kappa shape index (κ3) is 3.76. The SMILES string of the molecule is CCCCCc1ccccc1/C(=C\SC)n1ccnc1. The van der Waals surface area contributed by atoms with Crippen LogP contribution >= 0.6 is 11.8 Å². The predicted octanol–water partition coefficient (Wildman–Crippen LogP) is 4.83. The third-order valence-electron chi connectivity index (χ3n) is 3.36. The highest BCUT2D eigenvalue weighted by Crippen LogP contribution is 2.24. The summed E-state index contributed by atoms with van der Waals surface area (Å²) in [6.07, 6.45) is 12.7. The van der Waals surface area contributed by atoms with E-state index in [1.807, 2.05) is 18.7 Å². The maximum Gasteiger partial charge on any atom is 0.0992 e. The normalized spacial score (nSPS) is 11.8. The van der Waals surface area contributed by atoms with Crippen LogP contribution in [0.25, 0.3) is 5.70 Å². The second-order valence-electron chi connectivity index (χ2n) is 4.82. The van der Waals surface area contributed by atoms with Crippen molar-refractivity contribution in [2.24, 2.45) is 0 Å². The molecule has 0 aliphatic carbocycles. The van der Waals surface area contributed by atoms with Gasteiger partial charge in [0, 0.05) is 18.0 Å². The number of hydrogen-bond acceptors (Lipinski definition) is 2. The van der Waals surface area contributed by atoms with Crippen molar-refractivity contribution in [3.8, 4) is 0 Å². The Labute approximate surface area is 125 Å². The summed E-state index contributed by atoms with van der Waals surface area (Å²) in [6.45, 7) is 2.25. The van der Waals surface area contributed by atoms with Crippen molar-refractivity contribution in [3.63, 3.8) is 0 Å². The van der Waals surface area contributed by atoms with Gasteiger partial charge < -0.3 is 4.57 Å².